The molecule has 0 aliphatic carbocycles. The summed E-state index contributed by atoms with van der Waals surface area (Å²) in [6.45, 7) is 5.74. The van der Waals surface area contributed by atoms with Gasteiger partial charge >= 0.3 is 5.97 Å². The number of carbonyl (C=O) groups is 1. The zero-order valence-corrected chi connectivity index (χ0v) is 17.5. The van der Waals surface area contributed by atoms with Gasteiger partial charge in [-0.3, -0.25) is 15.3 Å². The molecule has 0 atom stereocenters. The molecule has 0 unspecified atom stereocenters. The van der Waals surface area contributed by atoms with E-state index in [1.54, 1.807) is 19.1 Å². The molecule has 0 bridgehead atoms. The molecule has 0 fully saturated rings. The van der Waals surface area contributed by atoms with Crippen LogP contribution in [0.1, 0.15) is 32.7 Å². The van der Waals surface area contributed by atoms with Crippen LogP contribution in [0.2, 0.25) is 0 Å². The number of aryl methyl sites for hydroxylation is 3. The van der Waals surface area contributed by atoms with Crippen LogP contribution in [0.3, 0.4) is 0 Å². The van der Waals surface area contributed by atoms with Gasteiger partial charge < -0.3 is 10.4 Å². The van der Waals surface area contributed by atoms with Gasteiger partial charge in [-0.25, -0.2) is 9.48 Å². The molecule has 4 N–H and O–H groups in total. The van der Waals surface area contributed by atoms with Crippen molar-refractivity contribution in [1.82, 2.24) is 15.2 Å². The molecule has 30 heavy (non-hydrogen) atoms. The summed E-state index contributed by atoms with van der Waals surface area (Å²) in [4.78, 5) is 23.8. The number of anilines is 1. The minimum absolute atomic E-state index is 0.140. The van der Waals surface area contributed by atoms with Gasteiger partial charge in [0.25, 0.3) is 5.56 Å². The Hall–Kier alpha value is -3.72. The standard InChI is InChI=1S/C21H21N5O3S/c1-12-7-13(2)9-17(8-12)26-19(27)18(14(3)25-26)11-22-24-21(30)23-16-6-4-5-15(10-16)20(28)29/h4-11,25H,1-3H3,(H,28,29)(H2,23,24,30)/b22-11+. The van der Waals surface area contributed by atoms with Crippen LogP contribution in [0.4, 0.5) is 5.69 Å². The van der Waals surface area contributed by atoms with Crippen LogP contribution in [-0.4, -0.2) is 32.2 Å². The minimum Gasteiger partial charge on any atom is -0.478 e. The van der Waals surface area contributed by atoms with Crippen molar-refractivity contribution in [2.75, 3.05) is 5.32 Å². The third-order valence-electron chi connectivity index (χ3n) is 4.31. The van der Waals surface area contributed by atoms with Crippen molar-refractivity contribution in [1.29, 1.82) is 0 Å². The molecule has 9 heteroatoms. The predicted molar refractivity (Wildman–Crippen MR) is 121 cm³/mol. The van der Waals surface area contributed by atoms with Gasteiger partial charge in [-0.05, 0) is 74.4 Å². The summed E-state index contributed by atoms with van der Waals surface area (Å²) in [5.74, 6) is -1.03. The fraction of sp³-hybridized carbons (Fsp3) is 0.143. The Morgan fingerprint density at radius 3 is 2.53 bits per heavy atom. The highest BCUT2D eigenvalue weighted by Crippen LogP contribution is 2.13. The van der Waals surface area contributed by atoms with Crippen molar-refractivity contribution in [2.45, 2.75) is 20.8 Å². The molecule has 1 heterocycles. The number of hydrogen-bond donors (Lipinski definition) is 4. The van der Waals surface area contributed by atoms with Crippen LogP contribution in [-0.2, 0) is 0 Å². The van der Waals surface area contributed by atoms with Crippen LogP contribution in [0.5, 0.6) is 0 Å². The molecule has 0 spiro atoms. The number of carboxylic acid groups (broad SMARTS) is 1. The van der Waals surface area contributed by atoms with E-state index in [1.165, 1.54) is 23.0 Å². The highest BCUT2D eigenvalue weighted by Gasteiger charge is 2.11. The van der Waals surface area contributed by atoms with E-state index in [1.807, 2.05) is 32.0 Å². The van der Waals surface area contributed by atoms with Gasteiger partial charge in [0.2, 0.25) is 0 Å². The van der Waals surface area contributed by atoms with E-state index in [0.29, 0.717) is 16.9 Å². The van der Waals surface area contributed by atoms with Gasteiger partial charge in [-0.1, -0.05) is 12.1 Å². The van der Waals surface area contributed by atoms with Crippen molar-refractivity contribution >= 4 is 35.2 Å². The second kappa shape index (κ2) is 8.75. The van der Waals surface area contributed by atoms with Crippen LogP contribution < -0.4 is 16.3 Å². The summed E-state index contributed by atoms with van der Waals surface area (Å²) in [7, 11) is 0. The number of hydrogen-bond acceptors (Lipinski definition) is 4. The smallest absolute Gasteiger partial charge is 0.335 e. The lowest BCUT2D eigenvalue weighted by Gasteiger charge is -2.07. The third kappa shape index (κ3) is 4.81. The molecule has 0 saturated carbocycles. The van der Waals surface area contributed by atoms with E-state index < -0.39 is 5.97 Å². The Labute approximate surface area is 178 Å². The lowest BCUT2D eigenvalue weighted by molar-refractivity contribution is 0.0697. The highest BCUT2D eigenvalue weighted by molar-refractivity contribution is 7.80. The fourth-order valence-electron chi connectivity index (χ4n) is 3.02. The molecule has 0 aliphatic heterocycles. The van der Waals surface area contributed by atoms with Crippen molar-refractivity contribution in [2.24, 2.45) is 5.10 Å². The maximum Gasteiger partial charge on any atom is 0.335 e. The molecule has 3 rings (SSSR count). The molecule has 8 nitrogen and oxygen atoms in total. The fourth-order valence-corrected chi connectivity index (χ4v) is 3.19. The zero-order chi connectivity index (χ0) is 21.8. The first kappa shape index (κ1) is 21.0. The number of aromatic nitrogens is 2. The summed E-state index contributed by atoms with van der Waals surface area (Å²) < 4.78 is 1.48. The Kier molecular flexibility index (Phi) is 6.12. The van der Waals surface area contributed by atoms with Gasteiger partial charge in [0, 0.05) is 11.4 Å². The minimum atomic E-state index is -1.03. The number of aromatic carboxylic acids is 1. The van der Waals surface area contributed by atoms with Crippen LogP contribution in [0.25, 0.3) is 5.69 Å². The Morgan fingerprint density at radius 2 is 1.87 bits per heavy atom. The summed E-state index contributed by atoms with van der Waals surface area (Å²) >= 11 is 5.16. The van der Waals surface area contributed by atoms with Crippen LogP contribution in [0, 0.1) is 20.8 Å². The number of hydrazone groups is 1. The Morgan fingerprint density at radius 1 is 1.17 bits per heavy atom. The van der Waals surface area contributed by atoms with Crippen molar-refractivity contribution in [3.8, 4) is 5.69 Å². The van der Waals surface area contributed by atoms with Gasteiger partial charge in [0.1, 0.15) is 0 Å². The Bertz CT molecular complexity index is 1190. The quantitative estimate of drug-likeness (QED) is 0.285. The number of benzene rings is 2. The van der Waals surface area contributed by atoms with Crippen LogP contribution >= 0.6 is 12.2 Å². The summed E-state index contributed by atoms with van der Waals surface area (Å²) in [6.07, 6.45) is 1.40. The first-order valence-corrected chi connectivity index (χ1v) is 9.49. The molecular formula is C21H21N5O3S. The number of nitrogens with one attached hydrogen (secondary N) is 3. The van der Waals surface area contributed by atoms with Crippen molar-refractivity contribution in [3.63, 3.8) is 0 Å². The number of nitrogens with zero attached hydrogens (tertiary/aromatic N) is 2. The second-order valence-corrected chi connectivity index (χ2v) is 7.26. The molecule has 0 saturated heterocycles. The Balaban J connectivity index is 1.73. The van der Waals surface area contributed by atoms with Crippen molar-refractivity contribution < 1.29 is 9.90 Å². The van der Waals surface area contributed by atoms with Gasteiger partial charge in [0.15, 0.2) is 5.11 Å². The van der Waals surface area contributed by atoms with Crippen molar-refractivity contribution in [3.05, 3.63) is 80.8 Å². The predicted octanol–water partition coefficient (Wildman–Crippen LogP) is 3.11. The van der Waals surface area contributed by atoms with Gasteiger partial charge in [0.05, 0.1) is 23.0 Å². The number of carboxylic acids is 1. The molecular weight excluding hydrogens is 402 g/mol. The molecule has 0 amide bonds. The number of rotatable bonds is 5. The molecule has 3 aromatic rings. The van der Waals surface area contributed by atoms with E-state index in [-0.39, 0.29) is 16.2 Å². The lowest BCUT2D eigenvalue weighted by Crippen LogP contribution is -2.24. The van der Waals surface area contributed by atoms with E-state index in [2.05, 4.69) is 20.9 Å². The maximum atomic E-state index is 12.8. The lowest BCUT2D eigenvalue weighted by atomic mass is 10.1. The van der Waals surface area contributed by atoms with E-state index in [4.69, 9.17) is 17.3 Å². The van der Waals surface area contributed by atoms with Gasteiger partial charge in [-0.15, -0.1) is 0 Å². The topological polar surface area (TPSA) is 112 Å². The monoisotopic (exact) mass is 423 g/mol. The SMILES string of the molecule is Cc1cc(C)cc(-n2[nH]c(C)c(/C=N/NC(=S)Nc3cccc(C(=O)O)c3)c2=O)c1. The van der Waals surface area contributed by atoms with E-state index >= 15 is 0 Å². The van der Waals surface area contributed by atoms with E-state index in [9.17, 15) is 9.59 Å². The number of aromatic amines is 1. The summed E-state index contributed by atoms with van der Waals surface area (Å²) in [6, 6.07) is 12.1. The first-order valence-electron chi connectivity index (χ1n) is 9.08. The third-order valence-corrected chi connectivity index (χ3v) is 4.50. The highest BCUT2D eigenvalue weighted by atomic mass is 32.1. The molecule has 0 radical (unpaired) electrons. The van der Waals surface area contributed by atoms with Gasteiger partial charge in [-0.2, -0.15) is 5.10 Å². The summed E-state index contributed by atoms with van der Waals surface area (Å²) in [5, 5.41) is 19.1. The normalized spacial score (nSPS) is 10.9. The zero-order valence-electron chi connectivity index (χ0n) is 16.7. The molecule has 154 valence electrons. The number of H-pyrrole nitrogens is 1. The molecule has 0 aliphatic rings. The van der Waals surface area contributed by atoms with E-state index in [0.717, 1.165) is 16.8 Å². The maximum absolute atomic E-state index is 12.8. The molecule has 2 aromatic carbocycles. The molecule has 1 aromatic heterocycles. The number of thiocarbonyl (C=S) groups is 1. The van der Waals surface area contributed by atoms with Crippen LogP contribution in [0.15, 0.2) is 52.4 Å². The average molecular weight is 423 g/mol. The largest absolute Gasteiger partial charge is 0.478 e. The first-order chi connectivity index (χ1) is 14.2. The second-order valence-electron chi connectivity index (χ2n) is 6.85. The summed E-state index contributed by atoms with van der Waals surface area (Å²) in [5.41, 5.74) is 6.99. The average Bonchev–Trinajstić information content (AvgIpc) is 2.95.